The van der Waals surface area contributed by atoms with Gasteiger partial charge in [-0.3, -0.25) is 14.5 Å². The van der Waals surface area contributed by atoms with Crippen LogP contribution < -0.4 is 0 Å². The zero-order chi connectivity index (χ0) is 24.2. The van der Waals surface area contributed by atoms with Gasteiger partial charge in [-0.1, -0.05) is 78.1 Å². The fraction of sp³-hybridized carbons (Fsp3) is 0.179. The third kappa shape index (κ3) is 3.58. The van der Waals surface area contributed by atoms with E-state index in [1.165, 1.54) is 25.1 Å². The largest absolute Gasteiger partial charge is 0.339 e. The number of fused-ring (bicyclic) bond motifs is 4. The molecule has 1 aromatic heterocycles. The second-order valence-electron chi connectivity index (χ2n) is 8.97. The highest BCUT2D eigenvalue weighted by atomic mass is 32.2. The van der Waals surface area contributed by atoms with E-state index in [9.17, 15) is 9.59 Å². The Bertz CT molecular complexity index is 1590. The molecule has 1 atom stereocenters. The summed E-state index contributed by atoms with van der Waals surface area (Å²) in [7, 11) is 0. The molecule has 3 aliphatic rings. The lowest BCUT2D eigenvalue weighted by atomic mass is 9.91. The van der Waals surface area contributed by atoms with Gasteiger partial charge in [0.15, 0.2) is 5.17 Å². The molecule has 7 rings (SSSR count). The Morgan fingerprint density at radius 1 is 0.889 bits per heavy atom. The Kier molecular flexibility index (Phi) is 5.41. The van der Waals surface area contributed by atoms with E-state index in [0.29, 0.717) is 0 Å². The number of imide groups is 1. The maximum Gasteiger partial charge on any atom is 0.289 e. The van der Waals surface area contributed by atoms with E-state index < -0.39 is 0 Å². The number of rotatable bonds is 4. The van der Waals surface area contributed by atoms with E-state index in [4.69, 9.17) is 4.99 Å². The van der Waals surface area contributed by atoms with Gasteiger partial charge in [0, 0.05) is 43.6 Å². The standard InChI is InChI=1S/C28H21N3O2S3/c32-24-16-35-28(33)31(24)15-21-25(18-10-11-23-20(14-18)19-8-4-5-9-22(19)36-23)29-27-30(12-13-34-27)26(21)17-6-2-1-3-7-17/h1-11,14,26H,12-13,15-16H2. The lowest BCUT2D eigenvalue weighted by Crippen LogP contribution is -2.39. The van der Waals surface area contributed by atoms with Crippen molar-refractivity contribution in [1.82, 2.24) is 9.80 Å². The van der Waals surface area contributed by atoms with E-state index in [1.807, 2.05) is 18.2 Å². The molecule has 36 heavy (non-hydrogen) atoms. The second kappa shape index (κ2) is 8.80. The van der Waals surface area contributed by atoms with Crippen molar-refractivity contribution >= 4 is 77.0 Å². The summed E-state index contributed by atoms with van der Waals surface area (Å²) >= 11 is 4.64. The molecule has 0 radical (unpaired) electrons. The molecule has 4 aromatic rings. The number of nitrogens with zero attached hydrogens (tertiary/aromatic N) is 3. The SMILES string of the molecule is O=C1CSC(=O)N1CC1=C(c2ccc3sc4ccccc4c3c2)N=C2SCCN2C1c1ccccc1. The Morgan fingerprint density at radius 3 is 2.53 bits per heavy atom. The van der Waals surface area contributed by atoms with Crippen LogP contribution in [0.3, 0.4) is 0 Å². The van der Waals surface area contributed by atoms with E-state index in [0.717, 1.165) is 51.6 Å². The minimum Gasteiger partial charge on any atom is -0.339 e. The highest BCUT2D eigenvalue weighted by molar-refractivity contribution is 8.14. The van der Waals surface area contributed by atoms with Crippen molar-refractivity contribution in [2.75, 3.05) is 24.6 Å². The highest BCUT2D eigenvalue weighted by Crippen LogP contribution is 2.45. The summed E-state index contributed by atoms with van der Waals surface area (Å²) in [5.74, 6) is 1.04. The average Bonchev–Trinajstić information content (AvgIpc) is 3.61. The molecule has 0 bridgehead atoms. The molecule has 3 aromatic carbocycles. The summed E-state index contributed by atoms with van der Waals surface area (Å²) in [6, 6.07) is 25.3. The van der Waals surface area contributed by atoms with Gasteiger partial charge in [-0.25, -0.2) is 4.99 Å². The van der Waals surface area contributed by atoms with E-state index in [1.54, 1.807) is 23.1 Å². The van der Waals surface area contributed by atoms with Crippen molar-refractivity contribution in [3.8, 4) is 0 Å². The Morgan fingerprint density at radius 2 is 1.69 bits per heavy atom. The molecule has 178 valence electrons. The summed E-state index contributed by atoms with van der Waals surface area (Å²) in [6.07, 6.45) is 0. The third-order valence-electron chi connectivity index (χ3n) is 6.90. The zero-order valence-corrected chi connectivity index (χ0v) is 21.7. The molecule has 5 nitrogen and oxygen atoms in total. The molecule has 0 saturated carbocycles. The van der Waals surface area contributed by atoms with Gasteiger partial charge in [-0.2, -0.15) is 0 Å². The first kappa shape index (κ1) is 22.2. The van der Waals surface area contributed by atoms with Gasteiger partial charge >= 0.3 is 0 Å². The fourth-order valence-electron chi connectivity index (χ4n) is 5.24. The summed E-state index contributed by atoms with van der Waals surface area (Å²) < 4.78 is 2.50. The first-order chi connectivity index (χ1) is 17.7. The lowest BCUT2D eigenvalue weighted by molar-refractivity contribution is -0.124. The summed E-state index contributed by atoms with van der Waals surface area (Å²) in [5, 5.41) is 3.28. The highest BCUT2D eigenvalue weighted by Gasteiger charge is 2.40. The number of carbonyl (C=O) groups excluding carboxylic acids is 2. The number of thioether (sulfide) groups is 2. The Hall–Kier alpha value is -3.07. The van der Waals surface area contributed by atoms with E-state index >= 15 is 0 Å². The fourth-order valence-corrected chi connectivity index (χ4v) is 8.04. The number of thiophene rings is 1. The number of aliphatic imine (C=N–C) groups is 1. The molecule has 0 spiro atoms. The molecule has 2 saturated heterocycles. The number of carbonyl (C=O) groups is 2. The molecular formula is C28H21N3O2S3. The first-order valence-corrected chi connectivity index (χ1v) is 14.6. The molecule has 8 heteroatoms. The molecule has 1 unspecified atom stereocenters. The van der Waals surface area contributed by atoms with E-state index in [2.05, 4.69) is 59.5 Å². The van der Waals surface area contributed by atoms with Crippen LogP contribution in [0.4, 0.5) is 4.79 Å². The second-order valence-corrected chi connectivity index (χ2v) is 12.0. The van der Waals surface area contributed by atoms with Gasteiger partial charge < -0.3 is 4.90 Å². The third-order valence-corrected chi connectivity index (χ3v) is 9.88. The summed E-state index contributed by atoms with van der Waals surface area (Å²) in [4.78, 5) is 34.2. The van der Waals surface area contributed by atoms with Gasteiger partial charge in [-0.15, -0.1) is 11.3 Å². The van der Waals surface area contributed by atoms with Crippen LogP contribution in [0.5, 0.6) is 0 Å². The van der Waals surface area contributed by atoms with Crippen molar-refractivity contribution in [2.45, 2.75) is 6.04 Å². The quantitative estimate of drug-likeness (QED) is 0.299. The Labute approximate surface area is 220 Å². The number of amidine groups is 1. The van der Waals surface area contributed by atoms with E-state index in [-0.39, 0.29) is 29.5 Å². The van der Waals surface area contributed by atoms with Gasteiger partial charge in [0.1, 0.15) is 0 Å². The Balaban J connectivity index is 1.46. The van der Waals surface area contributed by atoms with Gasteiger partial charge in [0.05, 0.1) is 24.0 Å². The van der Waals surface area contributed by atoms with Crippen LogP contribution >= 0.6 is 34.9 Å². The monoisotopic (exact) mass is 527 g/mol. The van der Waals surface area contributed by atoms with Crippen LogP contribution in [0.25, 0.3) is 25.9 Å². The predicted octanol–water partition coefficient (Wildman–Crippen LogP) is 6.62. The van der Waals surface area contributed by atoms with Crippen molar-refractivity contribution in [1.29, 1.82) is 0 Å². The number of hydrogen-bond acceptors (Lipinski definition) is 7. The van der Waals surface area contributed by atoms with Gasteiger partial charge in [-0.05, 0) is 23.8 Å². The number of hydrogen-bond donors (Lipinski definition) is 0. The summed E-state index contributed by atoms with van der Waals surface area (Å²) in [5.41, 5.74) is 4.04. The normalized spacial score (nSPS) is 20.1. The zero-order valence-electron chi connectivity index (χ0n) is 19.2. The molecule has 4 heterocycles. The smallest absolute Gasteiger partial charge is 0.289 e. The van der Waals surface area contributed by atoms with Crippen LogP contribution in [0, 0.1) is 0 Å². The molecule has 2 amide bonds. The lowest BCUT2D eigenvalue weighted by Gasteiger charge is -2.37. The topological polar surface area (TPSA) is 53.0 Å². The van der Waals surface area contributed by atoms with Gasteiger partial charge in [0.2, 0.25) is 5.91 Å². The minimum atomic E-state index is -0.177. The summed E-state index contributed by atoms with van der Waals surface area (Å²) in [6.45, 7) is 1.13. The molecule has 3 aliphatic heterocycles. The van der Waals surface area contributed by atoms with Crippen molar-refractivity contribution in [3.05, 3.63) is 89.5 Å². The first-order valence-electron chi connectivity index (χ1n) is 11.8. The van der Waals surface area contributed by atoms with Gasteiger partial charge in [0.25, 0.3) is 5.24 Å². The van der Waals surface area contributed by atoms with Crippen LogP contribution in [0.1, 0.15) is 17.2 Å². The predicted molar refractivity (Wildman–Crippen MR) is 152 cm³/mol. The molecule has 2 fully saturated rings. The maximum absolute atomic E-state index is 12.7. The van der Waals surface area contributed by atoms with Crippen LogP contribution in [-0.4, -0.2) is 50.7 Å². The van der Waals surface area contributed by atoms with Crippen LogP contribution in [-0.2, 0) is 4.79 Å². The molecule has 0 N–H and O–H groups in total. The van der Waals surface area contributed by atoms with Crippen LogP contribution in [0.15, 0.2) is 83.4 Å². The van der Waals surface area contributed by atoms with Crippen molar-refractivity contribution in [2.24, 2.45) is 4.99 Å². The molecular weight excluding hydrogens is 507 g/mol. The number of benzene rings is 3. The van der Waals surface area contributed by atoms with Crippen molar-refractivity contribution < 1.29 is 9.59 Å². The average molecular weight is 528 g/mol. The van der Waals surface area contributed by atoms with Crippen LogP contribution in [0.2, 0.25) is 0 Å². The minimum absolute atomic E-state index is 0.0789. The number of amides is 2. The molecule has 0 aliphatic carbocycles. The maximum atomic E-state index is 12.7. The van der Waals surface area contributed by atoms with Crippen molar-refractivity contribution in [3.63, 3.8) is 0 Å².